The van der Waals surface area contributed by atoms with Gasteiger partial charge in [0.2, 0.25) is 0 Å². The fourth-order valence-corrected chi connectivity index (χ4v) is 2.70. The van der Waals surface area contributed by atoms with Crippen molar-refractivity contribution in [3.05, 3.63) is 23.7 Å². The number of piperazine rings is 1. The molecule has 1 fully saturated rings. The highest BCUT2D eigenvalue weighted by molar-refractivity contribution is 5.17. The lowest BCUT2D eigenvalue weighted by Crippen LogP contribution is -2.57. The maximum absolute atomic E-state index is 5.73. The lowest BCUT2D eigenvalue weighted by atomic mass is 9.99. The molecule has 1 aliphatic heterocycles. The Morgan fingerprint density at radius 2 is 2.00 bits per heavy atom. The van der Waals surface area contributed by atoms with E-state index in [1.54, 1.807) is 0 Å². The predicted molar refractivity (Wildman–Crippen MR) is 87.3 cm³/mol. The molecule has 0 unspecified atom stereocenters. The van der Waals surface area contributed by atoms with E-state index in [1.807, 2.05) is 6.26 Å². The topological polar surface area (TPSA) is 31.6 Å². The Morgan fingerprint density at radius 3 is 2.62 bits per heavy atom. The zero-order valence-electron chi connectivity index (χ0n) is 14.5. The van der Waals surface area contributed by atoms with Crippen molar-refractivity contribution in [2.45, 2.75) is 58.8 Å². The third kappa shape index (κ3) is 4.56. The summed E-state index contributed by atoms with van der Waals surface area (Å²) in [4.78, 5) is 4.94. The van der Waals surface area contributed by atoms with Crippen LogP contribution in [0.3, 0.4) is 0 Å². The van der Waals surface area contributed by atoms with Gasteiger partial charge in [-0.3, -0.25) is 9.80 Å². The lowest BCUT2D eigenvalue weighted by molar-refractivity contribution is 0.0326. The van der Waals surface area contributed by atoms with Crippen LogP contribution in [0.1, 0.15) is 45.9 Å². The highest BCUT2D eigenvalue weighted by atomic mass is 16.3. The number of likely N-dealkylation sites (N-methyl/N-ethyl adjacent to an activating group) is 1. The van der Waals surface area contributed by atoms with Crippen LogP contribution in [-0.4, -0.2) is 47.6 Å². The number of furan rings is 1. The second-order valence-corrected chi connectivity index (χ2v) is 7.92. The van der Waals surface area contributed by atoms with Gasteiger partial charge in [0.25, 0.3) is 0 Å². The third-order valence-corrected chi connectivity index (χ3v) is 4.41. The van der Waals surface area contributed by atoms with Gasteiger partial charge in [-0.1, -0.05) is 0 Å². The van der Waals surface area contributed by atoms with Crippen molar-refractivity contribution in [2.75, 3.05) is 26.7 Å². The van der Waals surface area contributed by atoms with Crippen molar-refractivity contribution in [3.63, 3.8) is 0 Å². The largest absolute Gasteiger partial charge is 0.468 e. The molecule has 4 heteroatoms. The van der Waals surface area contributed by atoms with E-state index in [4.69, 9.17) is 4.42 Å². The summed E-state index contributed by atoms with van der Waals surface area (Å²) in [7, 11) is 2.21. The summed E-state index contributed by atoms with van der Waals surface area (Å²) in [6.07, 6.45) is 1.82. The maximum Gasteiger partial charge on any atom is 0.122 e. The third-order valence-electron chi connectivity index (χ3n) is 4.41. The molecule has 4 nitrogen and oxygen atoms in total. The SMILES string of the molecule is CN1CCN(Cc2occc2CNC(C)(C)C)CC1(C)C. The molecule has 1 N–H and O–H groups in total. The van der Waals surface area contributed by atoms with E-state index < -0.39 is 0 Å². The summed E-state index contributed by atoms with van der Waals surface area (Å²) in [6.45, 7) is 16.3. The average molecular weight is 293 g/mol. The van der Waals surface area contributed by atoms with Crippen LogP contribution in [0.2, 0.25) is 0 Å². The molecule has 0 aliphatic carbocycles. The van der Waals surface area contributed by atoms with Crippen molar-refractivity contribution in [1.82, 2.24) is 15.1 Å². The molecule has 0 radical (unpaired) electrons. The van der Waals surface area contributed by atoms with Gasteiger partial charge in [0.05, 0.1) is 12.8 Å². The van der Waals surface area contributed by atoms with Gasteiger partial charge in [0.1, 0.15) is 5.76 Å². The van der Waals surface area contributed by atoms with Gasteiger partial charge in [0, 0.05) is 42.8 Å². The zero-order valence-corrected chi connectivity index (χ0v) is 14.5. The molecular formula is C17H31N3O. The highest BCUT2D eigenvalue weighted by Gasteiger charge is 2.31. The number of hydrogen-bond acceptors (Lipinski definition) is 4. The monoisotopic (exact) mass is 293 g/mol. The predicted octanol–water partition coefficient (Wildman–Crippen LogP) is 2.69. The Balaban J connectivity index is 1.96. The summed E-state index contributed by atoms with van der Waals surface area (Å²) in [5, 5.41) is 3.54. The van der Waals surface area contributed by atoms with Crippen LogP contribution < -0.4 is 5.32 Å². The molecule has 2 rings (SSSR count). The fraction of sp³-hybridized carbons (Fsp3) is 0.765. The van der Waals surface area contributed by atoms with Gasteiger partial charge in [-0.05, 0) is 47.7 Å². The molecule has 2 heterocycles. The van der Waals surface area contributed by atoms with E-state index in [-0.39, 0.29) is 11.1 Å². The molecule has 1 saturated heterocycles. The average Bonchev–Trinajstić information content (AvgIpc) is 2.77. The standard InChI is InChI=1S/C17H31N3O/c1-16(2,3)18-11-14-7-10-21-15(14)12-20-9-8-19(6)17(4,5)13-20/h7,10,18H,8-9,11-13H2,1-6H3. The smallest absolute Gasteiger partial charge is 0.122 e. The minimum atomic E-state index is 0.129. The normalized spacial score (nSPS) is 20.9. The van der Waals surface area contributed by atoms with Gasteiger partial charge < -0.3 is 9.73 Å². The number of nitrogens with one attached hydrogen (secondary N) is 1. The summed E-state index contributed by atoms with van der Waals surface area (Å²) in [5.74, 6) is 1.10. The van der Waals surface area contributed by atoms with E-state index in [2.05, 4.69) is 62.8 Å². The van der Waals surface area contributed by atoms with Crippen molar-refractivity contribution in [1.29, 1.82) is 0 Å². The summed E-state index contributed by atoms with van der Waals surface area (Å²) >= 11 is 0. The Kier molecular flexibility index (Phi) is 4.81. The fourth-order valence-electron chi connectivity index (χ4n) is 2.70. The molecule has 1 aromatic rings. The molecule has 0 amide bonds. The molecule has 1 aromatic heterocycles. The molecule has 0 spiro atoms. The van der Waals surface area contributed by atoms with Gasteiger partial charge in [-0.15, -0.1) is 0 Å². The van der Waals surface area contributed by atoms with Crippen LogP contribution in [0, 0.1) is 0 Å². The van der Waals surface area contributed by atoms with Crippen molar-refractivity contribution >= 4 is 0 Å². The summed E-state index contributed by atoms with van der Waals surface area (Å²) < 4.78 is 5.73. The van der Waals surface area contributed by atoms with E-state index in [9.17, 15) is 0 Å². The van der Waals surface area contributed by atoms with Crippen molar-refractivity contribution in [3.8, 4) is 0 Å². The second-order valence-electron chi connectivity index (χ2n) is 7.92. The molecule has 0 atom stereocenters. The number of rotatable bonds is 4. The van der Waals surface area contributed by atoms with E-state index in [0.717, 1.165) is 38.5 Å². The van der Waals surface area contributed by atoms with Crippen LogP contribution >= 0.6 is 0 Å². The Bertz CT molecular complexity index is 459. The van der Waals surface area contributed by atoms with Crippen LogP contribution in [0.5, 0.6) is 0 Å². The van der Waals surface area contributed by atoms with Crippen molar-refractivity contribution in [2.24, 2.45) is 0 Å². The highest BCUT2D eigenvalue weighted by Crippen LogP contribution is 2.22. The number of nitrogens with zero attached hydrogens (tertiary/aromatic N) is 2. The second kappa shape index (κ2) is 6.11. The Hall–Kier alpha value is -0.840. The van der Waals surface area contributed by atoms with Crippen LogP contribution in [-0.2, 0) is 13.1 Å². The van der Waals surface area contributed by atoms with Gasteiger partial charge in [-0.25, -0.2) is 0 Å². The molecule has 0 aromatic carbocycles. The quantitative estimate of drug-likeness (QED) is 0.925. The molecule has 0 bridgehead atoms. The summed E-state index contributed by atoms with van der Waals surface area (Å²) in [6, 6.07) is 2.09. The molecular weight excluding hydrogens is 262 g/mol. The minimum Gasteiger partial charge on any atom is -0.468 e. The lowest BCUT2D eigenvalue weighted by Gasteiger charge is -2.45. The van der Waals surface area contributed by atoms with Gasteiger partial charge >= 0.3 is 0 Å². The first-order valence-electron chi connectivity index (χ1n) is 7.91. The summed E-state index contributed by atoms with van der Waals surface area (Å²) in [5.41, 5.74) is 1.64. The molecule has 21 heavy (non-hydrogen) atoms. The first kappa shape index (κ1) is 16.5. The molecule has 120 valence electrons. The molecule has 0 saturated carbocycles. The van der Waals surface area contributed by atoms with Crippen LogP contribution in [0.15, 0.2) is 16.7 Å². The molecule has 1 aliphatic rings. The Morgan fingerprint density at radius 1 is 1.29 bits per heavy atom. The van der Waals surface area contributed by atoms with Gasteiger partial charge in [-0.2, -0.15) is 0 Å². The van der Waals surface area contributed by atoms with Crippen molar-refractivity contribution < 1.29 is 4.42 Å². The number of hydrogen-bond donors (Lipinski definition) is 1. The Labute approximate surface area is 129 Å². The maximum atomic E-state index is 5.73. The van der Waals surface area contributed by atoms with E-state index >= 15 is 0 Å². The van der Waals surface area contributed by atoms with E-state index in [0.29, 0.717) is 0 Å². The first-order chi connectivity index (χ1) is 9.67. The van der Waals surface area contributed by atoms with E-state index in [1.165, 1.54) is 5.56 Å². The van der Waals surface area contributed by atoms with Gasteiger partial charge in [0.15, 0.2) is 0 Å². The van der Waals surface area contributed by atoms with Crippen LogP contribution in [0.25, 0.3) is 0 Å². The first-order valence-corrected chi connectivity index (χ1v) is 7.91. The van der Waals surface area contributed by atoms with Crippen LogP contribution in [0.4, 0.5) is 0 Å². The zero-order chi connectivity index (χ0) is 15.7. The minimum absolute atomic E-state index is 0.129.